The van der Waals surface area contributed by atoms with Gasteiger partial charge in [-0.3, -0.25) is 4.72 Å². The van der Waals surface area contributed by atoms with E-state index in [0.29, 0.717) is 24.3 Å². The van der Waals surface area contributed by atoms with Gasteiger partial charge in [0.15, 0.2) is 0 Å². The molecule has 0 radical (unpaired) electrons. The zero-order valence-electron chi connectivity index (χ0n) is 16.7. The summed E-state index contributed by atoms with van der Waals surface area (Å²) in [5, 5.41) is 13.5. The lowest BCUT2D eigenvalue weighted by atomic mass is 10.0. The Kier molecular flexibility index (Phi) is 6.57. The summed E-state index contributed by atoms with van der Waals surface area (Å²) >= 11 is 6.91. The van der Waals surface area contributed by atoms with Crippen LogP contribution in [0.1, 0.15) is 5.56 Å². The van der Waals surface area contributed by atoms with Crippen LogP contribution >= 0.6 is 22.9 Å². The lowest BCUT2D eigenvalue weighted by Gasteiger charge is -2.17. The molecule has 2 aromatic heterocycles. The van der Waals surface area contributed by atoms with E-state index in [1.807, 2.05) is 4.72 Å². The van der Waals surface area contributed by atoms with Gasteiger partial charge in [-0.05, 0) is 24.3 Å². The van der Waals surface area contributed by atoms with E-state index in [0.717, 1.165) is 17.5 Å². The molecule has 182 valence electrons. The molecule has 2 aromatic carbocycles. The van der Waals surface area contributed by atoms with Gasteiger partial charge in [0.05, 0.1) is 23.0 Å². The van der Waals surface area contributed by atoms with Crippen LogP contribution in [0, 0.1) is 11.6 Å². The second kappa shape index (κ2) is 9.31. The molecular weight excluding hydrogens is 541 g/mol. The van der Waals surface area contributed by atoms with Crippen LogP contribution in [0.4, 0.5) is 27.1 Å². The maximum atomic E-state index is 14.8. The highest BCUT2D eigenvalue weighted by molar-refractivity contribution is 7.93. The Bertz CT molecular complexity index is 1490. The highest BCUT2D eigenvalue weighted by Crippen LogP contribution is 2.42. The standard InChI is InChI=1S/C19H9ClF5N5O3S2/c20-12-5-17(35(31,32)30-18-29-28-8-34-18)14(22)6-16(12)33-15-4-11(19(23,24)25)13(21)3-10(15)9-1-2-26-27-7-9/h1-8H,(H,29,30). The molecule has 0 amide bonds. The fourth-order valence-corrected chi connectivity index (χ4v) is 4.88. The largest absolute Gasteiger partial charge is 0.455 e. The number of ether oxygens (including phenoxy) is 1. The van der Waals surface area contributed by atoms with Crippen molar-refractivity contribution in [1.82, 2.24) is 20.4 Å². The van der Waals surface area contributed by atoms with Crippen molar-refractivity contribution in [3.63, 3.8) is 0 Å². The lowest BCUT2D eigenvalue weighted by molar-refractivity contribution is -0.140. The average molecular weight is 550 g/mol. The van der Waals surface area contributed by atoms with Crippen LogP contribution in [0.15, 0.2) is 53.1 Å². The number of benzene rings is 2. The molecule has 35 heavy (non-hydrogen) atoms. The quantitative estimate of drug-likeness (QED) is 0.315. The molecule has 16 heteroatoms. The van der Waals surface area contributed by atoms with E-state index in [2.05, 4.69) is 20.4 Å². The van der Waals surface area contributed by atoms with Crippen molar-refractivity contribution in [2.45, 2.75) is 11.1 Å². The third-order valence-electron chi connectivity index (χ3n) is 4.35. The minimum atomic E-state index is -5.07. The van der Waals surface area contributed by atoms with Gasteiger partial charge in [0.25, 0.3) is 10.0 Å². The van der Waals surface area contributed by atoms with Crippen LogP contribution in [0.25, 0.3) is 11.1 Å². The Morgan fingerprint density at radius 1 is 1.00 bits per heavy atom. The molecule has 0 saturated heterocycles. The van der Waals surface area contributed by atoms with Gasteiger partial charge in [-0.15, -0.1) is 10.2 Å². The first-order valence-electron chi connectivity index (χ1n) is 9.09. The highest BCUT2D eigenvalue weighted by Gasteiger charge is 2.36. The van der Waals surface area contributed by atoms with Crippen LogP contribution in [0.2, 0.25) is 5.02 Å². The van der Waals surface area contributed by atoms with Crippen LogP contribution in [-0.2, 0) is 16.2 Å². The molecule has 4 rings (SSSR count). The molecule has 2 heterocycles. The van der Waals surface area contributed by atoms with E-state index in [1.54, 1.807) is 0 Å². The van der Waals surface area contributed by atoms with Gasteiger partial charge in [-0.25, -0.2) is 17.2 Å². The number of nitrogens with zero attached hydrogens (tertiary/aromatic N) is 4. The molecule has 0 unspecified atom stereocenters. The van der Waals surface area contributed by atoms with Gasteiger partial charge in [0, 0.05) is 17.2 Å². The molecule has 0 bridgehead atoms. The van der Waals surface area contributed by atoms with Gasteiger partial charge >= 0.3 is 6.18 Å². The number of hydrogen-bond donors (Lipinski definition) is 1. The summed E-state index contributed by atoms with van der Waals surface area (Å²) in [6, 6.07) is 3.56. The highest BCUT2D eigenvalue weighted by atomic mass is 35.5. The molecule has 8 nitrogen and oxygen atoms in total. The minimum Gasteiger partial charge on any atom is -0.455 e. The summed E-state index contributed by atoms with van der Waals surface area (Å²) in [7, 11) is -4.48. The van der Waals surface area contributed by atoms with Crippen LogP contribution in [-0.4, -0.2) is 28.8 Å². The maximum absolute atomic E-state index is 14.8. The number of aromatic nitrogens is 4. The van der Waals surface area contributed by atoms with E-state index >= 15 is 0 Å². The van der Waals surface area contributed by atoms with Crippen molar-refractivity contribution in [2.24, 2.45) is 0 Å². The van der Waals surface area contributed by atoms with Gasteiger partial charge in [0.1, 0.15) is 33.5 Å². The van der Waals surface area contributed by atoms with Crippen molar-refractivity contribution in [1.29, 1.82) is 0 Å². The van der Waals surface area contributed by atoms with E-state index < -0.39 is 54.8 Å². The molecule has 0 atom stereocenters. The molecule has 0 aliphatic carbocycles. The molecular formula is C19H9ClF5N5O3S2. The van der Waals surface area contributed by atoms with Crippen molar-refractivity contribution < 1.29 is 35.1 Å². The average Bonchev–Trinajstić information content (AvgIpc) is 3.29. The second-order valence-electron chi connectivity index (χ2n) is 6.62. The van der Waals surface area contributed by atoms with Gasteiger partial charge in [0.2, 0.25) is 5.13 Å². The Morgan fingerprint density at radius 3 is 2.40 bits per heavy atom. The number of sulfonamides is 1. The fraction of sp³-hybridized carbons (Fsp3) is 0.0526. The Labute approximate surface area is 202 Å². The first kappa shape index (κ1) is 24.7. The molecule has 0 spiro atoms. The maximum Gasteiger partial charge on any atom is 0.419 e. The smallest absolute Gasteiger partial charge is 0.419 e. The zero-order valence-corrected chi connectivity index (χ0v) is 19.1. The number of hydrogen-bond acceptors (Lipinski definition) is 8. The molecule has 0 aliphatic rings. The predicted octanol–water partition coefficient (Wildman–Crippen LogP) is 5.54. The third-order valence-corrected chi connectivity index (χ3v) is 6.73. The Hall–Kier alpha value is -3.43. The zero-order chi connectivity index (χ0) is 25.4. The summed E-state index contributed by atoms with van der Waals surface area (Å²) in [6.07, 6.45) is -2.71. The minimum absolute atomic E-state index is 0.137. The van der Waals surface area contributed by atoms with E-state index in [1.165, 1.54) is 17.8 Å². The van der Waals surface area contributed by atoms with Crippen LogP contribution in [0.5, 0.6) is 11.5 Å². The number of alkyl halides is 3. The molecule has 1 N–H and O–H groups in total. The number of nitrogens with one attached hydrogen (secondary N) is 1. The Balaban J connectivity index is 1.78. The Morgan fingerprint density at radius 2 is 1.77 bits per heavy atom. The second-order valence-corrected chi connectivity index (χ2v) is 9.51. The van der Waals surface area contributed by atoms with Crippen molar-refractivity contribution >= 4 is 38.1 Å². The first-order valence-corrected chi connectivity index (χ1v) is 11.8. The summed E-state index contributed by atoms with van der Waals surface area (Å²) in [6.45, 7) is 0. The summed E-state index contributed by atoms with van der Waals surface area (Å²) in [4.78, 5) is -0.876. The topological polar surface area (TPSA) is 107 Å². The molecule has 0 saturated carbocycles. The molecule has 0 aliphatic heterocycles. The molecule has 4 aromatic rings. The third kappa shape index (κ3) is 5.31. The summed E-state index contributed by atoms with van der Waals surface area (Å²) in [5.41, 5.74) is -0.433. The van der Waals surface area contributed by atoms with Gasteiger partial charge < -0.3 is 4.74 Å². The first-order chi connectivity index (χ1) is 16.5. The summed E-state index contributed by atoms with van der Waals surface area (Å²) in [5.74, 6) is -3.98. The SMILES string of the molecule is O=S(=O)(Nc1nncs1)c1cc(Cl)c(Oc2cc(C(F)(F)F)c(F)cc2-c2ccnnc2)cc1F. The van der Waals surface area contributed by atoms with Crippen LogP contribution in [0.3, 0.4) is 0 Å². The van der Waals surface area contributed by atoms with Crippen molar-refractivity contribution in [2.75, 3.05) is 4.72 Å². The van der Waals surface area contributed by atoms with Crippen LogP contribution < -0.4 is 9.46 Å². The predicted molar refractivity (Wildman–Crippen MR) is 115 cm³/mol. The normalized spacial score (nSPS) is 11.9. The van der Waals surface area contributed by atoms with E-state index in [9.17, 15) is 30.4 Å². The van der Waals surface area contributed by atoms with E-state index in [-0.39, 0.29) is 16.3 Å². The monoisotopic (exact) mass is 549 g/mol. The number of rotatable bonds is 6. The van der Waals surface area contributed by atoms with Crippen molar-refractivity contribution in [3.05, 3.63) is 70.5 Å². The van der Waals surface area contributed by atoms with Gasteiger partial charge in [-0.1, -0.05) is 22.9 Å². The van der Waals surface area contributed by atoms with Crippen molar-refractivity contribution in [3.8, 4) is 22.6 Å². The lowest BCUT2D eigenvalue weighted by Crippen LogP contribution is -2.14. The van der Waals surface area contributed by atoms with Gasteiger partial charge in [-0.2, -0.15) is 23.4 Å². The summed E-state index contributed by atoms with van der Waals surface area (Å²) < 4.78 is 101. The van der Waals surface area contributed by atoms with E-state index in [4.69, 9.17) is 16.3 Å². The molecule has 0 fully saturated rings. The fourth-order valence-electron chi connectivity index (χ4n) is 2.83. The number of halogens is 6. The number of anilines is 1.